The van der Waals surface area contributed by atoms with Gasteiger partial charge in [-0.05, 0) is 42.7 Å². The summed E-state index contributed by atoms with van der Waals surface area (Å²) in [5.41, 5.74) is 1.65. The molecule has 1 unspecified atom stereocenters. The van der Waals surface area contributed by atoms with Gasteiger partial charge in [-0.25, -0.2) is 8.42 Å². The molecule has 2 amide bonds. The highest BCUT2D eigenvalue weighted by Gasteiger charge is 2.31. The predicted molar refractivity (Wildman–Crippen MR) is 119 cm³/mol. The third-order valence-corrected chi connectivity index (χ3v) is 7.39. The molecule has 0 aromatic heterocycles. The molecule has 10 nitrogen and oxygen atoms in total. The monoisotopic (exact) mass is 475 g/mol. The van der Waals surface area contributed by atoms with E-state index < -0.39 is 22.0 Å². The first-order valence-electron chi connectivity index (χ1n) is 10.4. The van der Waals surface area contributed by atoms with Crippen LogP contribution in [0, 0.1) is 6.92 Å². The van der Waals surface area contributed by atoms with E-state index in [9.17, 15) is 18.0 Å². The van der Waals surface area contributed by atoms with Crippen molar-refractivity contribution in [2.75, 3.05) is 25.7 Å². The molecule has 2 heterocycles. The zero-order chi connectivity index (χ0) is 23.8. The molecule has 0 saturated heterocycles. The van der Waals surface area contributed by atoms with Crippen LogP contribution in [0.4, 0.5) is 5.69 Å². The standard InChI is InChI=1S/C22H25N3O7S/c1-4-16-22(27)24-15-7-13(2)20(9-18(15)32-16)33(28,29)25(3)11-21(26)23-10-14-5-6-17-19(8-14)31-12-30-17/h5-9,16H,4,10-12H2,1-3H3,(H,23,26)(H,24,27). The molecule has 176 valence electrons. The van der Waals surface area contributed by atoms with Crippen molar-refractivity contribution in [2.24, 2.45) is 0 Å². The Bertz CT molecular complexity index is 1210. The van der Waals surface area contributed by atoms with Crippen LogP contribution in [0.25, 0.3) is 0 Å². The maximum Gasteiger partial charge on any atom is 0.265 e. The number of nitrogens with zero attached hydrogens (tertiary/aromatic N) is 1. The van der Waals surface area contributed by atoms with Crippen molar-refractivity contribution < 1.29 is 32.2 Å². The molecule has 0 spiro atoms. The number of carbonyl (C=O) groups excluding carboxylic acids is 2. The molecular formula is C22H25N3O7S. The molecule has 2 aromatic carbocycles. The van der Waals surface area contributed by atoms with Crippen molar-refractivity contribution in [1.29, 1.82) is 0 Å². The molecular weight excluding hydrogens is 450 g/mol. The SMILES string of the molecule is CCC1Oc2cc(S(=O)(=O)N(C)CC(=O)NCc3ccc4c(c3)OCO4)c(C)cc2NC1=O. The minimum atomic E-state index is -3.98. The van der Waals surface area contributed by atoms with E-state index in [4.69, 9.17) is 14.2 Å². The lowest BCUT2D eigenvalue weighted by Gasteiger charge is -2.27. The number of carbonyl (C=O) groups is 2. The van der Waals surface area contributed by atoms with Crippen LogP contribution in [-0.2, 0) is 26.2 Å². The van der Waals surface area contributed by atoms with Gasteiger partial charge in [0.25, 0.3) is 5.91 Å². The molecule has 0 saturated carbocycles. The number of rotatable bonds is 7. The summed E-state index contributed by atoms with van der Waals surface area (Å²) in [5.74, 6) is 0.810. The lowest BCUT2D eigenvalue weighted by atomic mass is 10.1. The Morgan fingerprint density at radius 2 is 1.94 bits per heavy atom. The Balaban J connectivity index is 1.44. The molecule has 0 radical (unpaired) electrons. The van der Waals surface area contributed by atoms with Crippen molar-refractivity contribution in [3.05, 3.63) is 41.5 Å². The molecule has 2 aliphatic rings. The quantitative estimate of drug-likeness (QED) is 0.626. The predicted octanol–water partition coefficient (Wildman–Crippen LogP) is 1.77. The summed E-state index contributed by atoms with van der Waals surface area (Å²) in [5, 5.41) is 5.45. The number of nitrogens with one attached hydrogen (secondary N) is 2. The van der Waals surface area contributed by atoms with E-state index in [1.165, 1.54) is 13.1 Å². The van der Waals surface area contributed by atoms with Gasteiger partial charge in [0.2, 0.25) is 22.7 Å². The second-order valence-electron chi connectivity index (χ2n) is 7.84. The van der Waals surface area contributed by atoms with Crippen LogP contribution in [0.2, 0.25) is 0 Å². The van der Waals surface area contributed by atoms with Crippen LogP contribution >= 0.6 is 0 Å². The second-order valence-corrected chi connectivity index (χ2v) is 9.86. The molecule has 0 bridgehead atoms. The first kappa shape index (κ1) is 22.9. The van der Waals surface area contributed by atoms with Gasteiger partial charge in [-0.2, -0.15) is 4.31 Å². The molecule has 1 atom stereocenters. The number of fused-ring (bicyclic) bond motifs is 2. The highest BCUT2D eigenvalue weighted by atomic mass is 32.2. The van der Waals surface area contributed by atoms with Crippen LogP contribution in [0.1, 0.15) is 24.5 Å². The van der Waals surface area contributed by atoms with Gasteiger partial charge in [-0.15, -0.1) is 0 Å². The first-order chi connectivity index (χ1) is 15.7. The third-order valence-electron chi connectivity index (χ3n) is 5.45. The fourth-order valence-corrected chi connectivity index (χ4v) is 4.94. The van der Waals surface area contributed by atoms with Crippen molar-refractivity contribution in [3.63, 3.8) is 0 Å². The van der Waals surface area contributed by atoms with E-state index >= 15 is 0 Å². The normalized spacial score (nSPS) is 16.7. The summed E-state index contributed by atoms with van der Waals surface area (Å²) in [6.07, 6.45) is -0.236. The van der Waals surface area contributed by atoms with Crippen LogP contribution < -0.4 is 24.8 Å². The number of likely N-dealkylation sites (N-methyl/N-ethyl adjacent to an activating group) is 1. The Morgan fingerprint density at radius 1 is 1.18 bits per heavy atom. The number of amides is 2. The Hall–Kier alpha value is -3.31. The first-order valence-corrected chi connectivity index (χ1v) is 11.9. The van der Waals surface area contributed by atoms with Gasteiger partial charge in [-0.3, -0.25) is 9.59 Å². The van der Waals surface area contributed by atoms with Gasteiger partial charge < -0.3 is 24.8 Å². The zero-order valence-electron chi connectivity index (χ0n) is 18.5. The fraction of sp³-hybridized carbons (Fsp3) is 0.364. The number of hydrogen-bond acceptors (Lipinski definition) is 7. The summed E-state index contributed by atoms with van der Waals surface area (Å²) in [4.78, 5) is 24.5. The summed E-state index contributed by atoms with van der Waals surface area (Å²) in [6.45, 7) is 3.44. The summed E-state index contributed by atoms with van der Waals surface area (Å²) >= 11 is 0. The summed E-state index contributed by atoms with van der Waals surface area (Å²) in [7, 11) is -2.64. The number of hydrogen-bond donors (Lipinski definition) is 2. The maximum atomic E-state index is 13.2. The van der Waals surface area contributed by atoms with Crippen molar-refractivity contribution in [2.45, 2.75) is 37.8 Å². The largest absolute Gasteiger partial charge is 0.478 e. The van der Waals surface area contributed by atoms with Gasteiger partial charge in [0.15, 0.2) is 17.6 Å². The van der Waals surface area contributed by atoms with Gasteiger partial charge in [0, 0.05) is 19.7 Å². The lowest BCUT2D eigenvalue weighted by molar-refractivity contribution is -0.123. The number of benzene rings is 2. The molecule has 11 heteroatoms. The van der Waals surface area contributed by atoms with Gasteiger partial charge in [-0.1, -0.05) is 13.0 Å². The number of ether oxygens (including phenoxy) is 3. The van der Waals surface area contributed by atoms with E-state index in [0.29, 0.717) is 29.2 Å². The van der Waals surface area contributed by atoms with Gasteiger partial charge >= 0.3 is 0 Å². The Kier molecular flexibility index (Phi) is 6.17. The molecule has 33 heavy (non-hydrogen) atoms. The van der Waals surface area contributed by atoms with Crippen molar-refractivity contribution in [3.8, 4) is 17.2 Å². The van der Waals surface area contributed by atoms with E-state index in [-0.39, 0.29) is 36.4 Å². The van der Waals surface area contributed by atoms with Crippen LogP contribution in [0.5, 0.6) is 17.2 Å². The fourth-order valence-electron chi connectivity index (χ4n) is 3.59. The number of anilines is 1. The Labute approximate surface area is 191 Å². The number of aryl methyl sites for hydroxylation is 1. The average Bonchev–Trinajstić information content (AvgIpc) is 3.24. The summed E-state index contributed by atoms with van der Waals surface area (Å²) < 4.78 is 43.6. The third kappa shape index (κ3) is 4.60. The molecule has 2 aliphatic heterocycles. The van der Waals surface area contributed by atoms with Crippen LogP contribution in [-0.4, -0.2) is 51.0 Å². The topological polar surface area (TPSA) is 123 Å². The minimum absolute atomic E-state index is 0.0123. The van der Waals surface area contributed by atoms with Crippen molar-refractivity contribution >= 4 is 27.5 Å². The Morgan fingerprint density at radius 3 is 2.70 bits per heavy atom. The van der Waals surface area contributed by atoms with Crippen LogP contribution in [0.15, 0.2) is 35.2 Å². The number of sulfonamides is 1. The minimum Gasteiger partial charge on any atom is -0.478 e. The molecule has 2 N–H and O–H groups in total. The van der Waals surface area contributed by atoms with E-state index in [0.717, 1.165) is 9.87 Å². The smallest absolute Gasteiger partial charge is 0.265 e. The van der Waals surface area contributed by atoms with Crippen molar-refractivity contribution in [1.82, 2.24) is 9.62 Å². The second kappa shape index (κ2) is 8.91. The van der Waals surface area contributed by atoms with E-state index in [1.54, 1.807) is 38.1 Å². The molecule has 0 aliphatic carbocycles. The highest BCUT2D eigenvalue weighted by Crippen LogP contribution is 2.36. The highest BCUT2D eigenvalue weighted by molar-refractivity contribution is 7.89. The molecule has 2 aromatic rings. The van der Waals surface area contributed by atoms with E-state index in [2.05, 4.69) is 10.6 Å². The molecule has 4 rings (SSSR count). The van der Waals surface area contributed by atoms with E-state index in [1.807, 2.05) is 0 Å². The lowest BCUT2D eigenvalue weighted by Crippen LogP contribution is -2.39. The summed E-state index contributed by atoms with van der Waals surface area (Å²) in [6, 6.07) is 8.27. The maximum absolute atomic E-state index is 13.2. The van der Waals surface area contributed by atoms with Gasteiger partial charge in [0.1, 0.15) is 5.75 Å². The molecule has 0 fully saturated rings. The average molecular weight is 476 g/mol. The zero-order valence-corrected chi connectivity index (χ0v) is 19.3. The van der Waals surface area contributed by atoms with Gasteiger partial charge in [0.05, 0.1) is 17.1 Å². The van der Waals surface area contributed by atoms with Crippen LogP contribution in [0.3, 0.4) is 0 Å².